The third-order valence-electron chi connectivity index (χ3n) is 4.59. The lowest BCUT2D eigenvalue weighted by atomic mass is 9.99. The standard InChI is InChI=1S/C19H20N4O2/c1-13-21-19(25-22-13)16-6-8-20-18(11-16)23-9-7-15(12-23)10-14-2-4-17(24)5-3-14/h2-6,8,11,15,24H,7,9-10,12H2,1H3. The van der Waals surface area contributed by atoms with Gasteiger partial charge in [-0.15, -0.1) is 0 Å². The Kier molecular flexibility index (Phi) is 4.09. The zero-order chi connectivity index (χ0) is 17.2. The van der Waals surface area contributed by atoms with Crippen LogP contribution in [0.1, 0.15) is 17.8 Å². The van der Waals surface area contributed by atoms with Crippen LogP contribution < -0.4 is 4.90 Å². The van der Waals surface area contributed by atoms with Crippen LogP contribution in [0.25, 0.3) is 11.5 Å². The molecule has 0 radical (unpaired) electrons. The van der Waals surface area contributed by atoms with E-state index in [9.17, 15) is 5.11 Å². The molecule has 2 aromatic heterocycles. The van der Waals surface area contributed by atoms with E-state index in [1.54, 1.807) is 18.3 Å². The van der Waals surface area contributed by atoms with Crippen LogP contribution in [0.5, 0.6) is 5.75 Å². The second kappa shape index (κ2) is 6.55. The highest BCUT2D eigenvalue weighted by Gasteiger charge is 2.24. The maximum absolute atomic E-state index is 9.40. The maximum atomic E-state index is 9.40. The number of anilines is 1. The second-order valence-corrected chi connectivity index (χ2v) is 6.52. The van der Waals surface area contributed by atoms with Gasteiger partial charge in [0.05, 0.1) is 0 Å². The number of rotatable bonds is 4. The van der Waals surface area contributed by atoms with Gasteiger partial charge in [-0.05, 0) is 55.5 Å². The van der Waals surface area contributed by atoms with Gasteiger partial charge in [-0.25, -0.2) is 4.98 Å². The number of hydrogen-bond acceptors (Lipinski definition) is 6. The van der Waals surface area contributed by atoms with Crippen molar-refractivity contribution in [1.82, 2.24) is 15.1 Å². The van der Waals surface area contributed by atoms with Crippen molar-refractivity contribution in [3.05, 3.63) is 54.0 Å². The lowest BCUT2D eigenvalue weighted by Crippen LogP contribution is -2.21. The van der Waals surface area contributed by atoms with Gasteiger partial charge in [-0.1, -0.05) is 17.3 Å². The second-order valence-electron chi connectivity index (χ2n) is 6.52. The van der Waals surface area contributed by atoms with E-state index in [2.05, 4.69) is 20.0 Å². The zero-order valence-corrected chi connectivity index (χ0v) is 14.1. The Bertz CT molecular complexity index is 860. The molecule has 0 saturated carbocycles. The van der Waals surface area contributed by atoms with E-state index in [1.807, 2.05) is 31.2 Å². The normalized spacial score (nSPS) is 17.2. The first-order valence-electron chi connectivity index (χ1n) is 8.47. The minimum Gasteiger partial charge on any atom is -0.508 e. The largest absolute Gasteiger partial charge is 0.508 e. The van der Waals surface area contributed by atoms with Crippen LogP contribution in [-0.4, -0.2) is 33.3 Å². The van der Waals surface area contributed by atoms with Crippen molar-refractivity contribution in [1.29, 1.82) is 0 Å². The lowest BCUT2D eigenvalue weighted by molar-refractivity contribution is 0.425. The molecule has 0 spiro atoms. The number of nitrogens with zero attached hydrogens (tertiary/aromatic N) is 4. The van der Waals surface area contributed by atoms with Crippen LogP contribution in [-0.2, 0) is 6.42 Å². The van der Waals surface area contributed by atoms with Gasteiger partial charge in [-0.2, -0.15) is 4.98 Å². The summed E-state index contributed by atoms with van der Waals surface area (Å²) in [4.78, 5) is 11.1. The topological polar surface area (TPSA) is 75.3 Å². The average molecular weight is 336 g/mol. The van der Waals surface area contributed by atoms with Crippen LogP contribution in [0.3, 0.4) is 0 Å². The van der Waals surface area contributed by atoms with Crippen molar-refractivity contribution in [2.24, 2.45) is 5.92 Å². The van der Waals surface area contributed by atoms with Crippen molar-refractivity contribution in [2.75, 3.05) is 18.0 Å². The monoisotopic (exact) mass is 336 g/mol. The van der Waals surface area contributed by atoms with Gasteiger partial charge in [0, 0.05) is 24.8 Å². The first-order chi connectivity index (χ1) is 12.2. The Morgan fingerprint density at radius 1 is 1.24 bits per heavy atom. The summed E-state index contributed by atoms with van der Waals surface area (Å²) in [5.41, 5.74) is 2.15. The highest BCUT2D eigenvalue weighted by molar-refractivity contribution is 5.58. The Labute approximate surface area is 146 Å². The fraction of sp³-hybridized carbons (Fsp3) is 0.316. The molecule has 6 nitrogen and oxygen atoms in total. The summed E-state index contributed by atoms with van der Waals surface area (Å²) in [5.74, 6) is 3.00. The maximum Gasteiger partial charge on any atom is 0.258 e. The quantitative estimate of drug-likeness (QED) is 0.788. The predicted octanol–water partition coefficient (Wildman–Crippen LogP) is 3.21. The third kappa shape index (κ3) is 3.47. The zero-order valence-electron chi connectivity index (χ0n) is 14.1. The molecule has 1 unspecified atom stereocenters. The van der Waals surface area contributed by atoms with E-state index in [-0.39, 0.29) is 0 Å². The number of aromatic hydroxyl groups is 1. The molecule has 25 heavy (non-hydrogen) atoms. The number of phenols is 1. The first kappa shape index (κ1) is 15.6. The fourth-order valence-corrected chi connectivity index (χ4v) is 3.31. The van der Waals surface area contributed by atoms with Crippen molar-refractivity contribution >= 4 is 5.82 Å². The highest BCUT2D eigenvalue weighted by Crippen LogP contribution is 2.28. The molecule has 128 valence electrons. The Hall–Kier alpha value is -2.89. The summed E-state index contributed by atoms with van der Waals surface area (Å²) in [6.07, 6.45) is 3.93. The molecule has 1 atom stereocenters. The third-order valence-corrected chi connectivity index (χ3v) is 4.59. The van der Waals surface area contributed by atoms with Gasteiger partial charge >= 0.3 is 0 Å². The summed E-state index contributed by atoms with van der Waals surface area (Å²) in [7, 11) is 0. The van der Waals surface area contributed by atoms with Gasteiger partial charge in [-0.3, -0.25) is 0 Å². The molecule has 0 aliphatic carbocycles. The highest BCUT2D eigenvalue weighted by atomic mass is 16.5. The molecular weight excluding hydrogens is 316 g/mol. The molecule has 1 aliphatic rings. The molecule has 1 saturated heterocycles. The minimum absolute atomic E-state index is 0.314. The predicted molar refractivity (Wildman–Crippen MR) is 94.4 cm³/mol. The minimum atomic E-state index is 0.314. The SMILES string of the molecule is Cc1noc(-c2ccnc(N3CCC(Cc4ccc(O)cc4)C3)c2)n1. The molecule has 0 bridgehead atoms. The number of hydrogen-bond donors (Lipinski definition) is 1. The van der Waals surface area contributed by atoms with Gasteiger partial charge in [0.15, 0.2) is 5.82 Å². The summed E-state index contributed by atoms with van der Waals surface area (Å²) < 4.78 is 5.25. The molecular formula is C19H20N4O2. The lowest BCUT2D eigenvalue weighted by Gasteiger charge is -2.18. The summed E-state index contributed by atoms with van der Waals surface area (Å²) in [6.45, 7) is 3.77. The fourth-order valence-electron chi connectivity index (χ4n) is 3.31. The molecule has 1 N–H and O–H groups in total. The number of pyridine rings is 1. The molecule has 4 rings (SSSR count). The van der Waals surface area contributed by atoms with Crippen LogP contribution in [0.2, 0.25) is 0 Å². The van der Waals surface area contributed by atoms with E-state index in [0.29, 0.717) is 23.4 Å². The number of phenolic OH excluding ortho intramolecular Hbond substituents is 1. The molecule has 3 aromatic rings. The number of aryl methyl sites for hydroxylation is 1. The molecule has 1 fully saturated rings. The van der Waals surface area contributed by atoms with Gasteiger partial charge in [0.1, 0.15) is 11.6 Å². The van der Waals surface area contributed by atoms with Crippen molar-refractivity contribution in [2.45, 2.75) is 19.8 Å². The number of aromatic nitrogens is 3. The molecule has 1 aromatic carbocycles. The van der Waals surface area contributed by atoms with E-state index < -0.39 is 0 Å². The summed E-state index contributed by atoms with van der Waals surface area (Å²) in [6, 6.07) is 11.4. The number of benzene rings is 1. The summed E-state index contributed by atoms with van der Waals surface area (Å²) >= 11 is 0. The van der Waals surface area contributed by atoms with Crippen LogP contribution in [0.15, 0.2) is 47.1 Å². The van der Waals surface area contributed by atoms with E-state index >= 15 is 0 Å². The summed E-state index contributed by atoms with van der Waals surface area (Å²) in [5, 5.41) is 13.2. The van der Waals surface area contributed by atoms with Gasteiger partial charge in [0.25, 0.3) is 5.89 Å². The Balaban J connectivity index is 1.45. The van der Waals surface area contributed by atoms with Crippen LogP contribution in [0, 0.1) is 12.8 Å². The average Bonchev–Trinajstić information content (AvgIpc) is 3.26. The van der Waals surface area contributed by atoms with Crippen LogP contribution >= 0.6 is 0 Å². The molecule has 6 heteroatoms. The van der Waals surface area contributed by atoms with Crippen molar-refractivity contribution in [3.63, 3.8) is 0 Å². The Morgan fingerprint density at radius 3 is 2.84 bits per heavy atom. The Morgan fingerprint density at radius 2 is 2.08 bits per heavy atom. The van der Waals surface area contributed by atoms with Gasteiger partial charge < -0.3 is 14.5 Å². The van der Waals surface area contributed by atoms with Crippen molar-refractivity contribution in [3.8, 4) is 17.2 Å². The van der Waals surface area contributed by atoms with Gasteiger partial charge in [0.2, 0.25) is 0 Å². The van der Waals surface area contributed by atoms with Crippen molar-refractivity contribution < 1.29 is 9.63 Å². The molecule has 1 aliphatic heterocycles. The smallest absolute Gasteiger partial charge is 0.258 e. The first-order valence-corrected chi connectivity index (χ1v) is 8.47. The molecule has 3 heterocycles. The van der Waals surface area contributed by atoms with Crippen LogP contribution in [0.4, 0.5) is 5.82 Å². The molecule has 0 amide bonds. The van der Waals surface area contributed by atoms with E-state index in [1.165, 1.54) is 5.56 Å². The van der Waals surface area contributed by atoms with E-state index in [0.717, 1.165) is 37.3 Å². The van der Waals surface area contributed by atoms with E-state index in [4.69, 9.17) is 4.52 Å².